The number of urea groups is 1. The first-order valence-corrected chi connectivity index (χ1v) is 9.65. The van der Waals surface area contributed by atoms with Crippen molar-refractivity contribution in [2.24, 2.45) is 0 Å². The van der Waals surface area contributed by atoms with Crippen molar-refractivity contribution < 1.29 is 27.5 Å². The lowest BCUT2D eigenvalue weighted by molar-refractivity contribution is -0.138. The molecule has 3 aromatic rings. The van der Waals surface area contributed by atoms with E-state index in [1.165, 1.54) is 30.3 Å². The van der Waals surface area contributed by atoms with Crippen molar-refractivity contribution >= 4 is 40.8 Å². The molecule has 0 saturated heterocycles. The Labute approximate surface area is 194 Å². The molecule has 0 saturated carbocycles. The lowest BCUT2D eigenvalue weighted by atomic mass is 10.1. The van der Waals surface area contributed by atoms with E-state index in [9.17, 15) is 22.8 Å². The van der Waals surface area contributed by atoms with Gasteiger partial charge in [0.1, 0.15) is 17.4 Å². The van der Waals surface area contributed by atoms with Crippen LogP contribution in [0.5, 0.6) is 11.6 Å². The summed E-state index contributed by atoms with van der Waals surface area (Å²) in [5.41, 5.74) is -1.42. The van der Waals surface area contributed by atoms with Crippen LogP contribution in [0.25, 0.3) is 0 Å². The van der Waals surface area contributed by atoms with Crippen molar-refractivity contribution in [2.45, 2.75) is 6.18 Å². The van der Waals surface area contributed by atoms with Gasteiger partial charge in [-0.1, -0.05) is 29.3 Å². The fourth-order valence-electron chi connectivity index (χ4n) is 2.58. The molecule has 12 heteroatoms. The van der Waals surface area contributed by atoms with E-state index in [-0.39, 0.29) is 32.7 Å². The third-order valence-corrected chi connectivity index (χ3v) is 4.67. The average molecular weight is 495 g/mol. The van der Waals surface area contributed by atoms with E-state index < -0.39 is 29.4 Å². The van der Waals surface area contributed by atoms with E-state index >= 15 is 0 Å². The Bertz CT molecular complexity index is 1240. The largest absolute Gasteiger partial charge is 0.438 e. The molecule has 0 spiro atoms. The van der Waals surface area contributed by atoms with Crippen LogP contribution < -0.4 is 15.4 Å². The fraction of sp³-hybridized carbons (Fsp3) is 0.0476. The number of nitrogens with one attached hydrogen (secondary N) is 2. The zero-order valence-corrected chi connectivity index (χ0v) is 17.7. The number of benzene rings is 2. The summed E-state index contributed by atoms with van der Waals surface area (Å²) in [7, 11) is 0. The first kappa shape index (κ1) is 23.8. The van der Waals surface area contributed by atoms with Crippen molar-refractivity contribution in [3.63, 3.8) is 0 Å². The fourth-order valence-corrected chi connectivity index (χ4v) is 3.15. The monoisotopic (exact) mass is 494 g/mol. The summed E-state index contributed by atoms with van der Waals surface area (Å²) in [6, 6.07) is 10.3. The molecule has 0 unspecified atom stereocenters. The van der Waals surface area contributed by atoms with Gasteiger partial charge in [-0.05, 0) is 36.4 Å². The number of imide groups is 1. The molecule has 1 aromatic heterocycles. The smallest absolute Gasteiger partial charge is 0.420 e. The lowest BCUT2D eigenvalue weighted by Gasteiger charge is -2.15. The number of anilines is 1. The Kier molecular flexibility index (Phi) is 7.06. The van der Waals surface area contributed by atoms with Gasteiger partial charge >= 0.3 is 12.2 Å². The van der Waals surface area contributed by atoms with Crippen LogP contribution in [0.4, 0.5) is 23.7 Å². The number of alkyl halides is 3. The molecule has 0 fully saturated rings. The molecule has 2 N–H and O–H groups in total. The second kappa shape index (κ2) is 9.77. The Balaban J connectivity index is 1.79. The van der Waals surface area contributed by atoms with Crippen molar-refractivity contribution in [1.82, 2.24) is 10.3 Å². The molecule has 7 nitrogen and oxygen atoms in total. The van der Waals surface area contributed by atoms with Gasteiger partial charge in [-0.25, -0.2) is 9.78 Å². The Morgan fingerprint density at radius 2 is 1.76 bits per heavy atom. The van der Waals surface area contributed by atoms with Gasteiger partial charge in [0.05, 0.1) is 21.2 Å². The van der Waals surface area contributed by atoms with Crippen LogP contribution in [-0.2, 0) is 6.18 Å². The molecule has 0 bridgehead atoms. The molecular weight excluding hydrogens is 484 g/mol. The summed E-state index contributed by atoms with van der Waals surface area (Å²) in [6.45, 7) is 0. The van der Waals surface area contributed by atoms with E-state index in [4.69, 9.17) is 33.2 Å². The minimum absolute atomic E-state index is 0.00919. The van der Waals surface area contributed by atoms with Gasteiger partial charge < -0.3 is 10.1 Å². The highest BCUT2D eigenvalue weighted by atomic mass is 35.5. The number of ether oxygens (including phenoxy) is 1. The van der Waals surface area contributed by atoms with Gasteiger partial charge in [0.25, 0.3) is 5.91 Å². The summed E-state index contributed by atoms with van der Waals surface area (Å²) >= 11 is 11.8. The number of carbonyl (C=O) groups is 2. The van der Waals surface area contributed by atoms with Gasteiger partial charge in [-0.15, -0.1) is 0 Å². The van der Waals surface area contributed by atoms with Crippen LogP contribution >= 0.6 is 23.2 Å². The van der Waals surface area contributed by atoms with Crippen LogP contribution in [0, 0.1) is 11.3 Å². The normalized spacial score (nSPS) is 10.8. The molecule has 33 heavy (non-hydrogen) atoms. The highest BCUT2D eigenvalue weighted by Crippen LogP contribution is 2.39. The number of halogens is 5. The van der Waals surface area contributed by atoms with Crippen LogP contribution in [0.15, 0.2) is 54.7 Å². The topological polar surface area (TPSA) is 104 Å². The molecular formula is C21H11Cl2F3N4O3. The van der Waals surface area contributed by atoms with Gasteiger partial charge in [0.15, 0.2) is 0 Å². The SMILES string of the molecule is N#Cc1ccc(Oc2ccc(NC(=O)NC(=O)c3c(Cl)cccc3Cl)cc2C(F)(F)F)nc1. The van der Waals surface area contributed by atoms with Gasteiger partial charge in [-0.2, -0.15) is 18.4 Å². The number of pyridine rings is 1. The number of hydrogen-bond acceptors (Lipinski definition) is 5. The first-order chi connectivity index (χ1) is 15.6. The predicted molar refractivity (Wildman–Crippen MR) is 113 cm³/mol. The first-order valence-electron chi connectivity index (χ1n) is 8.90. The van der Waals surface area contributed by atoms with Crippen LogP contribution in [0.2, 0.25) is 10.0 Å². The number of aromatic nitrogens is 1. The van der Waals surface area contributed by atoms with E-state index in [1.54, 1.807) is 0 Å². The molecule has 1 heterocycles. The van der Waals surface area contributed by atoms with Crippen LogP contribution in [-0.4, -0.2) is 16.9 Å². The van der Waals surface area contributed by atoms with Gasteiger partial charge in [0, 0.05) is 18.0 Å². The number of rotatable bonds is 4. The molecule has 0 aliphatic rings. The highest BCUT2D eigenvalue weighted by Gasteiger charge is 2.35. The second-order valence-electron chi connectivity index (χ2n) is 6.31. The van der Waals surface area contributed by atoms with Gasteiger partial charge in [-0.3, -0.25) is 10.1 Å². The lowest BCUT2D eigenvalue weighted by Crippen LogP contribution is -2.34. The highest BCUT2D eigenvalue weighted by molar-refractivity contribution is 6.40. The summed E-state index contributed by atoms with van der Waals surface area (Å²) in [5.74, 6) is -1.68. The molecule has 0 atom stereocenters. The minimum atomic E-state index is -4.84. The summed E-state index contributed by atoms with van der Waals surface area (Å²) < 4.78 is 45.8. The van der Waals surface area contributed by atoms with Crippen molar-refractivity contribution in [2.75, 3.05) is 5.32 Å². The molecule has 168 valence electrons. The molecule has 0 radical (unpaired) electrons. The zero-order chi connectivity index (χ0) is 24.2. The molecule has 2 aromatic carbocycles. The van der Waals surface area contributed by atoms with Crippen molar-refractivity contribution in [1.29, 1.82) is 5.26 Å². The predicted octanol–water partition coefficient (Wildman–Crippen LogP) is 6.03. The molecule has 3 rings (SSSR count). The second-order valence-corrected chi connectivity index (χ2v) is 7.13. The third kappa shape index (κ3) is 5.91. The van der Waals surface area contributed by atoms with Crippen LogP contribution in [0.3, 0.4) is 0 Å². The average Bonchev–Trinajstić information content (AvgIpc) is 2.74. The number of nitrogens with zero attached hydrogens (tertiary/aromatic N) is 2. The van der Waals surface area contributed by atoms with Crippen molar-refractivity contribution in [3.8, 4) is 17.7 Å². The third-order valence-electron chi connectivity index (χ3n) is 4.04. The van der Waals surface area contributed by atoms with E-state index in [0.29, 0.717) is 6.07 Å². The quantitative estimate of drug-likeness (QED) is 0.460. The molecule has 0 aliphatic carbocycles. The standard InChI is InChI=1S/C21H11Cl2F3N4O3/c22-14-2-1-3-15(23)18(14)19(31)30-20(32)29-12-5-6-16(13(8-12)21(24,25)26)33-17-7-4-11(9-27)10-28-17/h1-8,10H,(H2,29,30,31,32). The Hall–Kier alpha value is -3.81. The molecule has 0 aliphatic heterocycles. The summed E-state index contributed by atoms with van der Waals surface area (Å²) in [4.78, 5) is 28.1. The summed E-state index contributed by atoms with van der Waals surface area (Å²) in [5, 5.41) is 12.8. The zero-order valence-electron chi connectivity index (χ0n) is 16.2. The number of amides is 3. The Morgan fingerprint density at radius 3 is 2.33 bits per heavy atom. The minimum Gasteiger partial charge on any atom is -0.438 e. The Morgan fingerprint density at radius 1 is 1.06 bits per heavy atom. The maximum atomic E-state index is 13.6. The number of hydrogen-bond donors (Lipinski definition) is 2. The van der Waals surface area contributed by atoms with Crippen LogP contribution in [0.1, 0.15) is 21.5 Å². The van der Waals surface area contributed by atoms with Crippen molar-refractivity contribution in [3.05, 3.63) is 81.5 Å². The summed E-state index contributed by atoms with van der Waals surface area (Å²) in [6.07, 6.45) is -3.69. The van der Waals surface area contributed by atoms with E-state index in [0.717, 1.165) is 18.3 Å². The maximum Gasteiger partial charge on any atom is 0.420 e. The number of carbonyl (C=O) groups excluding carboxylic acids is 2. The maximum absolute atomic E-state index is 13.6. The van der Waals surface area contributed by atoms with E-state index in [1.807, 2.05) is 11.4 Å². The van der Waals surface area contributed by atoms with Gasteiger partial charge in [0.2, 0.25) is 5.88 Å². The number of nitriles is 1. The van der Waals surface area contributed by atoms with E-state index in [2.05, 4.69) is 10.3 Å². The molecule has 3 amide bonds.